The van der Waals surface area contributed by atoms with Gasteiger partial charge in [0.25, 0.3) is 5.69 Å². The number of carbonyl (C=O) groups is 1. The van der Waals surface area contributed by atoms with Crippen LogP contribution in [0.15, 0.2) is 12.3 Å². The lowest BCUT2D eigenvalue weighted by molar-refractivity contribution is -0.384. The number of hydrogen-bond acceptors (Lipinski definition) is 3. The highest BCUT2D eigenvalue weighted by Crippen LogP contribution is 2.19. The van der Waals surface area contributed by atoms with Crippen LogP contribution < -0.4 is 0 Å². The first-order valence-electron chi connectivity index (χ1n) is 5.31. The molecule has 0 aromatic carbocycles. The fraction of sp³-hybridized carbons (Fsp3) is 0.545. The molecule has 1 aromatic heterocycles. The summed E-state index contributed by atoms with van der Waals surface area (Å²) in [7, 11) is 0. The molecule has 1 unspecified atom stereocenters. The molecule has 16 heavy (non-hydrogen) atoms. The minimum atomic E-state index is -0.473. The fourth-order valence-electron chi connectivity index (χ4n) is 1.51. The lowest BCUT2D eigenvalue weighted by atomic mass is 10.1. The van der Waals surface area contributed by atoms with Gasteiger partial charge in [-0.2, -0.15) is 0 Å². The van der Waals surface area contributed by atoms with Crippen LogP contribution >= 0.6 is 0 Å². The molecule has 0 saturated carbocycles. The quantitative estimate of drug-likeness (QED) is 0.438. The van der Waals surface area contributed by atoms with E-state index >= 15 is 0 Å². The van der Waals surface area contributed by atoms with Crippen molar-refractivity contribution in [3.05, 3.63) is 28.1 Å². The van der Waals surface area contributed by atoms with Crippen LogP contribution in [0.3, 0.4) is 0 Å². The Labute approximate surface area is 94.2 Å². The van der Waals surface area contributed by atoms with Gasteiger partial charge in [0.05, 0.1) is 16.8 Å². The van der Waals surface area contributed by atoms with E-state index in [1.165, 1.54) is 19.2 Å². The first-order chi connectivity index (χ1) is 7.45. The van der Waals surface area contributed by atoms with E-state index in [1.807, 2.05) is 0 Å². The van der Waals surface area contributed by atoms with Crippen LogP contribution in [-0.2, 0) is 6.54 Å². The number of ketones is 1. The third-order valence-corrected chi connectivity index (χ3v) is 2.66. The number of Topliss-reactive ketones (excluding diaryl/α,β-unsaturated/α-hetero) is 1. The first-order valence-corrected chi connectivity index (χ1v) is 5.31. The monoisotopic (exact) mass is 224 g/mol. The predicted molar refractivity (Wildman–Crippen MR) is 60.5 cm³/mol. The SMILES string of the molecule is CCC(C)Cn1cc([N+](=O)[O-])cc1C(C)=O. The van der Waals surface area contributed by atoms with Gasteiger partial charge in [0.15, 0.2) is 5.78 Å². The molecule has 0 bridgehead atoms. The number of aromatic nitrogens is 1. The van der Waals surface area contributed by atoms with Crippen molar-refractivity contribution in [2.75, 3.05) is 0 Å². The summed E-state index contributed by atoms with van der Waals surface area (Å²) >= 11 is 0. The molecular formula is C11H16N2O3. The van der Waals surface area contributed by atoms with Gasteiger partial charge in [-0.3, -0.25) is 14.9 Å². The van der Waals surface area contributed by atoms with Gasteiger partial charge in [-0.25, -0.2) is 0 Å². The summed E-state index contributed by atoms with van der Waals surface area (Å²) in [6.07, 6.45) is 2.41. The van der Waals surface area contributed by atoms with Crippen LogP contribution in [0.1, 0.15) is 37.7 Å². The van der Waals surface area contributed by atoms with Crippen LogP contribution in [0.2, 0.25) is 0 Å². The van der Waals surface area contributed by atoms with Crippen molar-refractivity contribution in [1.82, 2.24) is 4.57 Å². The van der Waals surface area contributed by atoms with Crippen molar-refractivity contribution in [2.45, 2.75) is 33.7 Å². The second-order valence-corrected chi connectivity index (χ2v) is 4.06. The summed E-state index contributed by atoms with van der Waals surface area (Å²) in [5, 5.41) is 10.6. The Hall–Kier alpha value is -1.65. The average Bonchev–Trinajstić information content (AvgIpc) is 2.61. The minimum Gasteiger partial charge on any atom is -0.339 e. The zero-order chi connectivity index (χ0) is 12.3. The smallest absolute Gasteiger partial charge is 0.287 e. The zero-order valence-electron chi connectivity index (χ0n) is 9.77. The molecule has 0 saturated heterocycles. The molecule has 0 N–H and O–H groups in total. The third-order valence-electron chi connectivity index (χ3n) is 2.66. The Morgan fingerprint density at radius 2 is 2.25 bits per heavy atom. The predicted octanol–water partition coefficient (Wildman–Crippen LogP) is 2.65. The Morgan fingerprint density at radius 3 is 2.69 bits per heavy atom. The Bertz CT molecular complexity index is 409. The molecular weight excluding hydrogens is 208 g/mol. The van der Waals surface area contributed by atoms with E-state index < -0.39 is 4.92 Å². The molecule has 5 heteroatoms. The number of rotatable bonds is 5. The van der Waals surface area contributed by atoms with Crippen LogP contribution in [0.4, 0.5) is 5.69 Å². The largest absolute Gasteiger partial charge is 0.339 e. The average molecular weight is 224 g/mol. The molecule has 1 rings (SSSR count). The van der Waals surface area contributed by atoms with Gasteiger partial charge < -0.3 is 4.57 Å². The van der Waals surface area contributed by atoms with E-state index in [2.05, 4.69) is 13.8 Å². The lowest BCUT2D eigenvalue weighted by Crippen LogP contribution is -2.11. The van der Waals surface area contributed by atoms with Crippen LogP contribution in [0.5, 0.6) is 0 Å². The van der Waals surface area contributed by atoms with Crippen molar-refractivity contribution >= 4 is 11.5 Å². The van der Waals surface area contributed by atoms with Crippen LogP contribution in [-0.4, -0.2) is 15.3 Å². The number of nitro groups is 1. The molecule has 0 amide bonds. The van der Waals surface area contributed by atoms with Crippen LogP contribution in [0.25, 0.3) is 0 Å². The van der Waals surface area contributed by atoms with Gasteiger partial charge in [0.1, 0.15) is 0 Å². The highest BCUT2D eigenvalue weighted by atomic mass is 16.6. The van der Waals surface area contributed by atoms with Crippen LogP contribution in [0, 0.1) is 16.0 Å². The summed E-state index contributed by atoms with van der Waals surface area (Å²) in [5.74, 6) is 0.251. The third kappa shape index (κ3) is 2.68. The number of carbonyl (C=O) groups excluding carboxylic acids is 1. The lowest BCUT2D eigenvalue weighted by Gasteiger charge is -2.11. The van der Waals surface area contributed by atoms with E-state index in [9.17, 15) is 14.9 Å². The van der Waals surface area contributed by atoms with Crippen molar-refractivity contribution in [3.63, 3.8) is 0 Å². The minimum absolute atomic E-state index is 0.0199. The van der Waals surface area contributed by atoms with E-state index in [0.717, 1.165) is 6.42 Å². The summed E-state index contributed by atoms with van der Waals surface area (Å²) in [6, 6.07) is 1.34. The van der Waals surface area contributed by atoms with Gasteiger partial charge in [0, 0.05) is 19.5 Å². The number of nitrogens with zero attached hydrogens (tertiary/aromatic N) is 2. The molecule has 0 aliphatic heterocycles. The van der Waals surface area contributed by atoms with Gasteiger partial charge in [-0.05, 0) is 5.92 Å². The summed E-state index contributed by atoms with van der Waals surface area (Å²) in [4.78, 5) is 21.5. The number of hydrogen-bond donors (Lipinski definition) is 0. The molecule has 0 radical (unpaired) electrons. The normalized spacial score (nSPS) is 12.4. The maximum atomic E-state index is 11.3. The van der Waals surface area contributed by atoms with Gasteiger partial charge >= 0.3 is 0 Å². The van der Waals surface area contributed by atoms with E-state index in [-0.39, 0.29) is 11.5 Å². The molecule has 0 fully saturated rings. The second-order valence-electron chi connectivity index (χ2n) is 4.06. The highest BCUT2D eigenvalue weighted by molar-refractivity contribution is 5.93. The fourth-order valence-corrected chi connectivity index (χ4v) is 1.51. The van der Waals surface area contributed by atoms with E-state index in [4.69, 9.17) is 0 Å². The summed E-state index contributed by atoms with van der Waals surface area (Å²) < 4.78 is 1.68. The molecule has 5 nitrogen and oxygen atoms in total. The van der Waals surface area contributed by atoms with Gasteiger partial charge in [-0.1, -0.05) is 20.3 Å². The Balaban J connectivity index is 3.05. The molecule has 1 atom stereocenters. The zero-order valence-corrected chi connectivity index (χ0v) is 9.77. The van der Waals surface area contributed by atoms with Gasteiger partial charge in [-0.15, -0.1) is 0 Å². The topological polar surface area (TPSA) is 65.1 Å². The first kappa shape index (κ1) is 12.4. The Kier molecular flexibility index (Phi) is 3.82. The molecule has 0 aliphatic carbocycles. The molecule has 0 aliphatic rings. The van der Waals surface area contributed by atoms with Crippen molar-refractivity contribution in [1.29, 1.82) is 0 Å². The summed E-state index contributed by atoms with van der Waals surface area (Å²) in [5.41, 5.74) is 0.389. The second kappa shape index (κ2) is 4.92. The maximum absolute atomic E-state index is 11.3. The van der Waals surface area contributed by atoms with Gasteiger partial charge in [0.2, 0.25) is 0 Å². The molecule has 1 heterocycles. The van der Waals surface area contributed by atoms with Crippen molar-refractivity contribution in [2.24, 2.45) is 5.92 Å². The molecule has 1 aromatic rings. The summed E-state index contributed by atoms with van der Waals surface area (Å²) in [6.45, 7) is 6.16. The Morgan fingerprint density at radius 1 is 1.62 bits per heavy atom. The highest BCUT2D eigenvalue weighted by Gasteiger charge is 2.17. The van der Waals surface area contributed by atoms with E-state index in [1.54, 1.807) is 4.57 Å². The van der Waals surface area contributed by atoms with E-state index in [0.29, 0.717) is 18.2 Å². The maximum Gasteiger partial charge on any atom is 0.287 e. The molecule has 88 valence electrons. The van der Waals surface area contributed by atoms with Crippen molar-refractivity contribution in [3.8, 4) is 0 Å². The standard InChI is InChI=1S/C11H16N2O3/c1-4-8(2)6-12-7-10(13(15)16)5-11(12)9(3)14/h5,7-8H,4,6H2,1-3H3. The molecule has 0 spiro atoms. The van der Waals surface area contributed by atoms with Crippen molar-refractivity contribution < 1.29 is 9.72 Å².